The van der Waals surface area contributed by atoms with Gasteiger partial charge in [-0.3, -0.25) is 9.78 Å². The summed E-state index contributed by atoms with van der Waals surface area (Å²) in [7, 11) is 1.66. The van der Waals surface area contributed by atoms with Crippen LogP contribution in [0.5, 0.6) is 5.75 Å². The SMILES string of the molecule is COc1cccc(-c2ccc3nc(C4CCCN(C(=O)c5cnccn5)C4)nn3c2)c1. The summed E-state index contributed by atoms with van der Waals surface area (Å²) in [5.41, 5.74) is 3.25. The number of hydrogen-bond donors (Lipinski definition) is 0. The van der Waals surface area contributed by atoms with Crippen LogP contribution in [0.1, 0.15) is 35.1 Å². The summed E-state index contributed by atoms with van der Waals surface area (Å²) >= 11 is 0. The Balaban J connectivity index is 1.39. The largest absolute Gasteiger partial charge is 0.497 e. The van der Waals surface area contributed by atoms with E-state index in [1.165, 1.54) is 12.4 Å². The van der Waals surface area contributed by atoms with Gasteiger partial charge >= 0.3 is 0 Å². The second-order valence-electron chi connectivity index (χ2n) is 7.60. The molecule has 0 aliphatic carbocycles. The van der Waals surface area contributed by atoms with E-state index in [0.29, 0.717) is 18.8 Å². The fourth-order valence-electron chi connectivity index (χ4n) is 3.99. The Morgan fingerprint density at radius 1 is 1.16 bits per heavy atom. The van der Waals surface area contributed by atoms with Gasteiger partial charge in [0.05, 0.1) is 13.3 Å². The van der Waals surface area contributed by atoms with Gasteiger partial charge < -0.3 is 9.64 Å². The average molecular weight is 414 g/mol. The Bertz CT molecular complexity index is 1220. The molecular weight excluding hydrogens is 392 g/mol. The van der Waals surface area contributed by atoms with Crippen LogP contribution in [-0.4, -0.2) is 55.6 Å². The predicted octanol–water partition coefficient (Wildman–Crippen LogP) is 3.21. The predicted molar refractivity (Wildman–Crippen MR) is 115 cm³/mol. The molecule has 4 heterocycles. The molecular formula is C23H22N6O2. The molecule has 1 amide bonds. The van der Waals surface area contributed by atoms with E-state index in [1.807, 2.05) is 52.0 Å². The number of rotatable bonds is 4. The maximum absolute atomic E-state index is 12.8. The fourth-order valence-corrected chi connectivity index (χ4v) is 3.99. The third-order valence-corrected chi connectivity index (χ3v) is 5.61. The van der Waals surface area contributed by atoms with Crippen LogP contribution in [0.25, 0.3) is 16.8 Å². The van der Waals surface area contributed by atoms with Gasteiger partial charge in [0.1, 0.15) is 11.4 Å². The van der Waals surface area contributed by atoms with Crippen LogP contribution in [-0.2, 0) is 0 Å². The molecule has 1 aliphatic rings. The summed E-state index contributed by atoms with van der Waals surface area (Å²) in [5.74, 6) is 1.57. The van der Waals surface area contributed by atoms with Crippen molar-refractivity contribution < 1.29 is 9.53 Å². The quantitative estimate of drug-likeness (QED) is 0.510. The van der Waals surface area contributed by atoms with Crippen LogP contribution in [0, 0.1) is 0 Å². The molecule has 1 unspecified atom stereocenters. The van der Waals surface area contributed by atoms with Crippen molar-refractivity contribution in [2.75, 3.05) is 20.2 Å². The first-order valence-corrected chi connectivity index (χ1v) is 10.3. The number of fused-ring (bicyclic) bond motifs is 1. The number of benzene rings is 1. The zero-order chi connectivity index (χ0) is 21.2. The normalized spacial score (nSPS) is 16.4. The number of pyridine rings is 1. The van der Waals surface area contributed by atoms with Gasteiger partial charge in [-0.05, 0) is 42.7 Å². The third kappa shape index (κ3) is 3.84. The molecule has 0 spiro atoms. The molecule has 1 atom stereocenters. The van der Waals surface area contributed by atoms with Crippen molar-refractivity contribution in [2.24, 2.45) is 0 Å². The van der Waals surface area contributed by atoms with E-state index in [-0.39, 0.29) is 11.8 Å². The van der Waals surface area contributed by atoms with Crippen LogP contribution >= 0.6 is 0 Å². The Hall–Kier alpha value is -3.81. The Labute approximate surface area is 179 Å². The van der Waals surface area contributed by atoms with Gasteiger partial charge in [-0.15, -0.1) is 0 Å². The molecule has 8 heteroatoms. The number of methoxy groups -OCH3 is 1. The minimum Gasteiger partial charge on any atom is -0.497 e. The molecule has 31 heavy (non-hydrogen) atoms. The second-order valence-corrected chi connectivity index (χ2v) is 7.60. The van der Waals surface area contributed by atoms with Crippen LogP contribution in [0.15, 0.2) is 61.2 Å². The van der Waals surface area contributed by atoms with E-state index < -0.39 is 0 Å². The maximum atomic E-state index is 12.8. The highest BCUT2D eigenvalue weighted by Crippen LogP contribution is 2.27. The van der Waals surface area contributed by atoms with Crippen molar-refractivity contribution in [2.45, 2.75) is 18.8 Å². The summed E-state index contributed by atoms with van der Waals surface area (Å²) in [6.45, 7) is 1.29. The highest BCUT2D eigenvalue weighted by molar-refractivity contribution is 5.92. The first-order valence-electron chi connectivity index (χ1n) is 10.3. The van der Waals surface area contributed by atoms with Gasteiger partial charge in [0, 0.05) is 43.2 Å². The first-order chi connectivity index (χ1) is 15.2. The molecule has 3 aromatic heterocycles. The molecule has 0 bridgehead atoms. The molecule has 156 valence electrons. The minimum absolute atomic E-state index is 0.0922. The number of likely N-dealkylation sites (tertiary alicyclic amines) is 1. The van der Waals surface area contributed by atoms with E-state index in [9.17, 15) is 4.79 Å². The minimum atomic E-state index is -0.0955. The van der Waals surface area contributed by atoms with Crippen molar-refractivity contribution in [3.8, 4) is 16.9 Å². The van der Waals surface area contributed by atoms with Gasteiger partial charge in [-0.2, -0.15) is 5.10 Å². The summed E-state index contributed by atoms with van der Waals surface area (Å²) in [5, 5.41) is 4.74. The van der Waals surface area contributed by atoms with Crippen LogP contribution in [0.4, 0.5) is 0 Å². The molecule has 1 fully saturated rings. The van der Waals surface area contributed by atoms with E-state index in [2.05, 4.69) is 9.97 Å². The zero-order valence-corrected chi connectivity index (χ0v) is 17.2. The van der Waals surface area contributed by atoms with Gasteiger partial charge in [0.15, 0.2) is 11.5 Å². The van der Waals surface area contributed by atoms with Gasteiger partial charge in [0.2, 0.25) is 0 Å². The first kappa shape index (κ1) is 19.2. The van der Waals surface area contributed by atoms with Crippen molar-refractivity contribution in [3.63, 3.8) is 0 Å². The number of amides is 1. The summed E-state index contributed by atoms with van der Waals surface area (Å²) in [4.78, 5) is 27.5. The molecule has 1 aromatic carbocycles. The van der Waals surface area contributed by atoms with Crippen LogP contribution < -0.4 is 4.74 Å². The Kier molecular flexibility index (Phi) is 5.03. The van der Waals surface area contributed by atoms with Crippen molar-refractivity contribution in [1.29, 1.82) is 0 Å². The smallest absolute Gasteiger partial charge is 0.274 e. The van der Waals surface area contributed by atoms with Gasteiger partial charge in [0.25, 0.3) is 5.91 Å². The second kappa shape index (κ2) is 8.14. The van der Waals surface area contributed by atoms with E-state index in [0.717, 1.165) is 41.2 Å². The summed E-state index contributed by atoms with van der Waals surface area (Å²) in [6.07, 6.45) is 8.45. The zero-order valence-electron chi connectivity index (χ0n) is 17.2. The summed E-state index contributed by atoms with van der Waals surface area (Å²) < 4.78 is 7.15. The highest BCUT2D eigenvalue weighted by atomic mass is 16.5. The number of piperidine rings is 1. The van der Waals surface area contributed by atoms with Gasteiger partial charge in [-0.1, -0.05) is 12.1 Å². The molecule has 1 saturated heterocycles. The summed E-state index contributed by atoms with van der Waals surface area (Å²) in [6, 6.07) is 11.9. The molecule has 0 saturated carbocycles. The average Bonchev–Trinajstić information content (AvgIpc) is 3.28. The molecule has 8 nitrogen and oxygen atoms in total. The monoisotopic (exact) mass is 414 g/mol. The number of nitrogens with zero attached hydrogens (tertiary/aromatic N) is 6. The lowest BCUT2D eigenvalue weighted by atomic mass is 9.97. The van der Waals surface area contributed by atoms with E-state index in [4.69, 9.17) is 14.8 Å². The Morgan fingerprint density at radius 2 is 2.10 bits per heavy atom. The number of ether oxygens (including phenoxy) is 1. The standard InChI is InChI=1S/C23H22N6O2/c1-31-19-6-2-4-16(12-19)17-7-8-21-26-22(27-29(21)15-17)18-5-3-11-28(14-18)23(30)20-13-24-9-10-25-20/h2,4,6-10,12-13,15,18H,3,5,11,14H2,1H3. The lowest BCUT2D eigenvalue weighted by Gasteiger charge is -2.31. The number of aromatic nitrogens is 5. The number of hydrogen-bond acceptors (Lipinski definition) is 6. The number of carbonyl (C=O) groups is 1. The van der Waals surface area contributed by atoms with E-state index in [1.54, 1.807) is 13.3 Å². The molecule has 5 rings (SSSR count). The van der Waals surface area contributed by atoms with Crippen molar-refractivity contribution in [3.05, 3.63) is 72.7 Å². The van der Waals surface area contributed by atoms with Gasteiger partial charge in [-0.25, -0.2) is 14.5 Å². The molecule has 0 N–H and O–H groups in total. The van der Waals surface area contributed by atoms with Crippen LogP contribution in [0.3, 0.4) is 0 Å². The molecule has 0 radical (unpaired) electrons. The maximum Gasteiger partial charge on any atom is 0.274 e. The van der Waals surface area contributed by atoms with Crippen molar-refractivity contribution >= 4 is 11.6 Å². The highest BCUT2D eigenvalue weighted by Gasteiger charge is 2.28. The molecule has 1 aliphatic heterocycles. The van der Waals surface area contributed by atoms with Crippen molar-refractivity contribution in [1.82, 2.24) is 29.5 Å². The third-order valence-electron chi connectivity index (χ3n) is 5.61. The van der Waals surface area contributed by atoms with Crippen LogP contribution in [0.2, 0.25) is 0 Å². The lowest BCUT2D eigenvalue weighted by Crippen LogP contribution is -2.39. The lowest BCUT2D eigenvalue weighted by molar-refractivity contribution is 0.0698. The number of carbonyl (C=O) groups excluding carboxylic acids is 1. The Morgan fingerprint density at radius 3 is 2.94 bits per heavy atom. The van der Waals surface area contributed by atoms with E-state index >= 15 is 0 Å². The fraction of sp³-hybridized carbons (Fsp3) is 0.261. The molecule has 4 aromatic rings. The topological polar surface area (TPSA) is 85.5 Å².